The van der Waals surface area contributed by atoms with E-state index in [1.807, 2.05) is 41.8 Å². The van der Waals surface area contributed by atoms with Crippen molar-refractivity contribution < 1.29 is 22.8 Å². The van der Waals surface area contributed by atoms with Crippen molar-refractivity contribution in [3.63, 3.8) is 0 Å². The molecule has 0 unspecified atom stereocenters. The summed E-state index contributed by atoms with van der Waals surface area (Å²) in [6.45, 7) is 2.79. The number of fused-ring (bicyclic) bond motifs is 1. The number of thiol groups is 1. The minimum Gasteiger partial charge on any atom is -0.337 e. The molecule has 0 bridgehead atoms. The van der Waals surface area contributed by atoms with E-state index in [0.29, 0.717) is 37.2 Å². The monoisotopic (exact) mass is 502 g/mol. The number of carbonyl (C=O) groups excluding carboxylic acids is 2. The summed E-state index contributed by atoms with van der Waals surface area (Å²) in [6, 6.07) is 9.62. The van der Waals surface area contributed by atoms with Crippen molar-refractivity contribution in [3.8, 4) is 0 Å². The lowest BCUT2D eigenvalue weighted by Gasteiger charge is -2.27. The first-order valence-corrected chi connectivity index (χ1v) is 11.8. The van der Waals surface area contributed by atoms with E-state index in [-0.39, 0.29) is 23.5 Å². The third kappa shape index (κ3) is 5.37. The highest BCUT2D eigenvalue weighted by Crippen LogP contribution is 2.32. The Morgan fingerprint density at radius 3 is 2.69 bits per heavy atom. The van der Waals surface area contributed by atoms with E-state index in [2.05, 4.69) is 22.9 Å². The number of rotatable bonds is 5. The summed E-state index contributed by atoms with van der Waals surface area (Å²) < 4.78 is 41.3. The molecule has 2 aromatic carbocycles. The summed E-state index contributed by atoms with van der Waals surface area (Å²) in [5.41, 5.74) is 1.35. The Balaban J connectivity index is 1.73. The van der Waals surface area contributed by atoms with Crippen molar-refractivity contribution in [3.05, 3.63) is 71.3 Å². The van der Waals surface area contributed by atoms with Crippen molar-refractivity contribution in [1.29, 1.82) is 0 Å². The van der Waals surface area contributed by atoms with Crippen LogP contribution >= 0.6 is 12.6 Å². The van der Waals surface area contributed by atoms with Gasteiger partial charge in [-0.1, -0.05) is 30.4 Å². The third-order valence-corrected chi connectivity index (χ3v) is 6.19. The Morgan fingerprint density at radius 1 is 1.17 bits per heavy atom. The fraction of sp³-hybridized carbons (Fsp3) is 0.320. The lowest BCUT2D eigenvalue weighted by molar-refractivity contribution is -0.137. The molecule has 0 aliphatic carbocycles. The normalized spacial score (nSPS) is 16.4. The van der Waals surface area contributed by atoms with Crippen LogP contribution in [0.2, 0.25) is 0 Å². The number of halogens is 3. The van der Waals surface area contributed by atoms with Gasteiger partial charge in [0.05, 0.1) is 22.6 Å². The number of aromatic nitrogens is 2. The van der Waals surface area contributed by atoms with Crippen LogP contribution in [-0.2, 0) is 11.0 Å². The van der Waals surface area contributed by atoms with Crippen LogP contribution in [0.4, 0.5) is 19.1 Å². The molecule has 2 amide bonds. The Hall–Kier alpha value is -3.27. The maximum atomic E-state index is 13.2. The molecule has 1 atom stereocenters. The molecular formula is C25H25F3N4O2S. The maximum Gasteiger partial charge on any atom is 0.416 e. The van der Waals surface area contributed by atoms with Gasteiger partial charge in [-0.05, 0) is 48.9 Å². The summed E-state index contributed by atoms with van der Waals surface area (Å²) in [6.07, 6.45) is 0.268. The van der Waals surface area contributed by atoms with Crippen LogP contribution in [0, 0.1) is 6.92 Å². The Kier molecular flexibility index (Phi) is 7.20. The van der Waals surface area contributed by atoms with Gasteiger partial charge in [0, 0.05) is 25.1 Å². The van der Waals surface area contributed by atoms with Crippen molar-refractivity contribution in [1.82, 2.24) is 14.5 Å². The van der Waals surface area contributed by atoms with Gasteiger partial charge in [-0.15, -0.1) is 0 Å². The molecule has 2 heterocycles. The van der Waals surface area contributed by atoms with Crippen LogP contribution in [0.5, 0.6) is 0 Å². The quantitative estimate of drug-likeness (QED) is 0.369. The number of nitrogens with one attached hydrogen (secondary N) is 1. The summed E-state index contributed by atoms with van der Waals surface area (Å²) in [5, 5.41) is 2.71. The van der Waals surface area contributed by atoms with Gasteiger partial charge in [0.25, 0.3) is 5.91 Å². The summed E-state index contributed by atoms with van der Waals surface area (Å²) in [5.74, 6) is -0.0573. The average Bonchev–Trinajstić information content (AvgIpc) is 3.01. The van der Waals surface area contributed by atoms with Gasteiger partial charge in [0.1, 0.15) is 0 Å². The number of alkyl halides is 3. The van der Waals surface area contributed by atoms with Gasteiger partial charge in [-0.3, -0.25) is 14.9 Å². The second-order valence-corrected chi connectivity index (χ2v) is 8.86. The van der Waals surface area contributed by atoms with Crippen molar-refractivity contribution in [2.24, 2.45) is 0 Å². The number of aryl methyl sites for hydroxylation is 1. The fourth-order valence-electron chi connectivity index (χ4n) is 4.28. The molecule has 0 radical (unpaired) electrons. The predicted octanol–water partition coefficient (Wildman–Crippen LogP) is 5.27. The standard InChI is InChI=1S/C25H25F3N4O2S/c1-16-6-4-10-20-22(16)32(19-9-2-3-12-31(15-19)21(33)11-13-35)24(29-20)30-23(34)17-7-5-8-18(14-17)25(26,27)28/h2-8,10,14,19,35H,9,11-13,15H2,1H3,(H,29,30,34)/t19-/m1/s1. The number of hydrogen-bond donors (Lipinski definition) is 2. The van der Waals surface area contributed by atoms with Gasteiger partial charge >= 0.3 is 6.18 Å². The van der Waals surface area contributed by atoms with Crippen LogP contribution in [0.15, 0.2) is 54.6 Å². The SMILES string of the molecule is Cc1cccc2nc(NC(=O)c3cccc(C(F)(F)F)c3)n([C@@H]3CC=CCN(C(=O)CCS)C3)c12. The summed E-state index contributed by atoms with van der Waals surface area (Å²) in [4.78, 5) is 31.9. The highest BCUT2D eigenvalue weighted by molar-refractivity contribution is 7.80. The zero-order valence-electron chi connectivity index (χ0n) is 19.0. The Morgan fingerprint density at radius 2 is 1.94 bits per heavy atom. The van der Waals surface area contributed by atoms with Crippen LogP contribution < -0.4 is 5.32 Å². The zero-order chi connectivity index (χ0) is 25.2. The van der Waals surface area contributed by atoms with E-state index >= 15 is 0 Å². The number of hydrogen-bond acceptors (Lipinski definition) is 4. The summed E-state index contributed by atoms with van der Waals surface area (Å²) in [7, 11) is 0. The van der Waals surface area contributed by atoms with Crippen LogP contribution in [0.25, 0.3) is 11.0 Å². The van der Waals surface area contributed by atoms with Crippen molar-refractivity contribution in [2.45, 2.75) is 32.0 Å². The molecule has 35 heavy (non-hydrogen) atoms. The number of carbonyl (C=O) groups is 2. The van der Waals surface area contributed by atoms with Gasteiger partial charge in [-0.2, -0.15) is 25.8 Å². The molecule has 1 aliphatic rings. The van der Waals surface area contributed by atoms with Crippen molar-refractivity contribution >= 4 is 41.4 Å². The van der Waals surface area contributed by atoms with Crippen LogP contribution in [-0.4, -0.2) is 45.1 Å². The first-order valence-electron chi connectivity index (χ1n) is 11.2. The number of benzene rings is 2. The largest absolute Gasteiger partial charge is 0.416 e. The van der Waals surface area contributed by atoms with E-state index in [9.17, 15) is 22.8 Å². The van der Waals surface area contributed by atoms with Gasteiger partial charge in [0.15, 0.2) is 0 Å². The molecule has 3 aromatic rings. The maximum absolute atomic E-state index is 13.2. The smallest absolute Gasteiger partial charge is 0.337 e. The molecule has 1 aliphatic heterocycles. The second-order valence-electron chi connectivity index (χ2n) is 8.41. The van der Waals surface area contributed by atoms with E-state index in [0.717, 1.165) is 23.2 Å². The molecule has 0 fully saturated rings. The van der Waals surface area contributed by atoms with E-state index in [1.165, 1.54) is 12.1 Å². The fourth-order valence-corrected chi connectivity index (χ4v) is 4.47. The number of imidazole rings is 1. The molecule has 0 saturated carbocycles. The molecule has 1 aromatic heterocycles. The molecule has 1 N–H and O–H groups in total. The van der Waals surface area contributed by atoms with Gasteiger partial charge < -0.3 is 9.47 Å². The summed E-state index contributed by atoms with van der Waals surface area (Å²) >= 11 is 4.17. The number of nitrogens with zero attached hydrogens (tertiary/aromatic N) is 3. The molecule has 6 nitrogen and oxygen atoms in total. The van der Waals surface area contributed by atoms with E-state index in [1.54, 1.807) is 4.90 Å². The highest BCUT2D eigenvalue weighted by Gasteiger charge is 2.31. The molecule has 184 valence electrons. The van der Waals surface area contributed by atoms with Gasteiger partial charge in [-0.25, -0.2) is 4.98 Å². The van der Waals surface area contributed by atoms with Gasteiger partial charge in [0.2, 0.25) is 11.9 Å². The number of amides is 2. The molecule has 0 saturated heterocycles. The average molecular weight is 503 g/mol. The van der Waals surface area contributed by atoms with Crippen molar-refractivity contribution in [2.75, 3.05) is 24.2 Å². The lowest BCUT2D eigenvalue weighted by atomic mass is 10.1. The highest BCUT2D eigenvalue weighted by atomic mass is 32.1. The molecule has 10 heteroatoms. The third-order valence-electron chi connectivity index (χ3n) is 5.96. The Labute approximate surface area is 206 Å². The first-order chi connectivity index (χ1) is 16.7. The predicted molar refractivity (Wildman–Crippen MR) is 132 cm³/mol. The number of anilines is 1. The molecular weight excluding hydrogens is 477 g/mol. The van der Waals surface area contributed by atoms with Crippen LogP contribution in [0.1, 0.15) is 40.4 Å². The minimum atomic E-state index is -4.56. The van der Waals surface area contributed by atoms with Crippen LogP contribution in [0.3, 0.4) is 0 Å². The number of allylic oxidation sites excluding steroid dienone is 1. The topological polar surface area (TPSA) is 67.2 Å². The van der Waals surface area contributed by atoms with E-state index in [4.69, 9.17) is 0 Å². The first kappa shape index (κ1) is 24.8. The van der Waals surface area contributed by atoms with E-state index < -0.39 is 17.6 Å². The Bertz CT molecular complexity index is 1290. The molecule has 0 spiro atoms. The minimum absolute atomic E-state index is 0.0211. The second kappa shape index (κ2) is 10.2. The molecule has 4 rings (SSSR count). The lowest BCUT2D eigenvalue weighted by Crippen LogP contribution is -2.36. The number of para-hydroxylation sites is 1. The zero-order valence-corrected chi connectivity index (χ0v) is 19.9.